The lowest BCUT2D eigenvalue weighted by atomic mass is 10.1. The molecular formula is C17H19N5O. The molecule has 0 spiro atoms. The minimum atomic E-state index is -0.130. The van der Waals surface area contributed by atoms with Gasteiger partial charge in [-0.25, -0.2) is 4.98 Å². The van der Waals surface area contributed by atoms with Gasteiger partial charge in [-0.1, -0.05) is 19.1 Å². The van der Waals surface area contributed by atoms with E-state index in [1.165, 1.54) is 0 Å². The summed E-state index contributed by atoms with van der Waals surface area (Å²) in [7, 11) is 0. The maximum Gasteiger partial charge on any atom is 0.224 e. The van der Waals surface area contributed by atoms with Crippen molar-refractivity contribution in [2.24, 2.45) is 5.92 Å². The van der Waals surface area contributed by atoms with Crippen LogP contribution in [0.5, 0.6) is 0 Å². The van der Waals surface area contributed by atoms with Crippen LogP contribution < -0.4 is 5.32 Å². The zero-order valence-electron chi connectivity index (χ0n) is 13.0. The van der Waals surface area contributed by atoms with Gasteiger partial charge in [-0.05, 0) is 12.1 Å². The van der Waals surface area contributed by atoms with E-state index in [4.69, 9.17) is 0 Å². The monoisotopic (exact) mass is 309 g/mol. The van der Waals surface area contributed by atoms with Gasteiger partial charge in [0, 0.05) is 38.1 Å². The molecule has 118 valence electrons. The van der Waals surface area contributed by atoms with Gasteiger partial charge in [-0.15, -0.1) is 0 Å². The average Bonchev–Trinajstić information content (AvgIpc) is 2.99. The molecule has 0 bridgehead atoms. The zero-order chi connectivity index (χ0) is 16.1. The van der Waals surface area contributed by atoms with Gasteiger partial charge >= 0.3 is 0 Å². The molecule has 1 aromatic carbocycles. The lowest BCUT2D eigenvalue weighted by Gasteiger charge is -2.13. The van der Waals surface area contributed by atoms with Crippen LogP contribution in [0.2, 0.25) is 0 Å². The van der Waals surface area contributed by atoms with Crippen molar-refractivity contribution < 1.29 is 4.79 Å². The number of fused-ring (bicyclic) bond motifs is 1. The van der Waals surface area contributed by atoms with Gasteiger partial charge in [0.1, 0.15) is 0 Å². The highest BCUT2D eigenvalue weighted by molar-refractivity contribution is 5.79. The first kappa shape index (κ1) is 15.1. The second-order valence-corrected chi connectivity index (χ2v) is 5.52. The lowest BCUT2D eigenvalue weighted by molar-refractivity contribution is -0.124. The minimum absolute atomic E-state index is 0.0340. The highest BCUT2D eigenvalue weighted by Gasteiger charge is 2.14. The number of nitrogens with zero attached hydrogens (tertiary/aromatic N) is 4. The van der Waals surface area contributed by atoms with E-state index in [1.807, 2.05) is 35.8 Å². The average molecular weight is 309 g/mol. The number of aromatic nitrogens is 4. The summed E-state index contributed by atoms with van der Waals surface area (Å²) in [6, 6.07) is 7.92. The summed E-state index contributed by atoms with van der Waals surface area (Å²) in [4.78, 5) is 24.8. The molecule has 0 radical (unpaired) electrons. The van der Waals surface area contributed by atoms with Gasteiger partial charge in [-0.3, -0.25) is 14.8 Å². The van der Waals surface area contributed by atoms with Crippen molar-refractivity contribution in [3.8, 4) is 0 Å². The number of amides is 1. The molecule has 2 aromatic heterocycles. The van der Waals surface area contributed by atoms with Crippen LogP contribution in [0.3, 0.4) is 0 Å². The summed E-state index contributed by atoms with van der Waals surface area (Å²) < 4.78 is 2.02. The number of benzene rings is 1. The van der Waals surface area contributed by atoms with E-state index in [0.717, 1.165) is 16.7 Å². The van der Waals surface area contributed by atoms with Crippen LogP contribution >= 0.6 is 0 Å². The fourth-order valence-electron chi connectivity index (χ4n) is 2.48. The predicted molar refractivity (Wildman–Crippen MR) is 87.6 cm³/mol. The Morgan fingerprint density at radius 3 is 2.96 bits per heavy atom. The molecule has 1 atom stereocenters. The van der Waals surface area contributed by atoms with Crippen molar-refractivity contribution in [2.45, 2.75) is 19.9 Å². The van der Waals surface area contributed by atoms with Crippen molar-refractivity contribution in [2.75, 3.05) is 6.54 Å². The van der Waals surface area contributed by atoms with Gasteiger partial charge in [0.25, 0.3) is 0 Å². The van der Waals surface area contributed by atoms with Crippen LogP contribution in [-0.4, -0.2) is 32.0 Å². The molecule has 0 aliphatic carbocycles. The lowest BCUT2D eigenvalue weighted by Crippen LogP contribution is -2.33. The first-order valence-corrected chi connectivity index (χ1v) is 7.66. The Labute approximate surface area is 134 Å². The standard InChI is InChI=1S/C17H19N5O/c1-13(11-22-12-21-15-4-2-3-5-16(15)22)17(23)20-7-6-14-10-18-8-9-19-14/h2-5,8-10,12-13H,6-7,11H2,1H3,(H,20,23)/t13-/m1/s1. The Morgan fingerprint density at radius 1 is 1.26 bits per heavy atom. The van der Waals surface area contributed by atoms with Gasteiger partial charge in [0.15, 0.2) is 0 Å². The number of hydrogen-bond donors (Lipinski definition) is 1. The molecule has 0 unspecified atom stereocenters. The van der Waals surface area contributed by atoms with Gasteiger partial charge in [0.2, 0.25) is 5.91 Å². The second-order valence-electron chi connectivity index (χ2n) is 5.52. The summed E-state index contributed by atoms with van der Waals surface area (Å²) >= 11 is 0. The molecule has 6 heteroatoms. The smallest absolute Gasteiger partial charge is 0.224 e. The third-order valence-electron chi connectivity index (χ3n) is 3.74. The molecule has 0 aliphatic rings. The summed E-state index contributed by atoms with van der Waals surface area (Å²) in [6.07, 6.45) is 7.48. The zero-order valence-corrected chi connectivity index (χ0v) is 13.0. The SMILES string of the molecule is C[C@H](Cn1cnc2ccccc21)C(=O)NCCc1cnccn1. The van der Waals surface area contributed by atoms with Crippen molar-refractivity contribution in [3.63, 3.8) is 0 Å². The Kier molecular flexibility index (Phi) is 4.61. The molecule has 2 heterocycles. The number of carbonyl (C=O) groups excluding carboxylic acids is 1. The maximum atomic E-state index is 12.2. The van der Waals surface area contributed by atoms with Crippen LogP contribution in [0, 0.1) is 5.92 Å². The number of carbonyl (C=O) groups is 1. The quantitative estimate of drug-likeness (QED) is 0.754. The number of rotatable bonds is 6. The van der Waals surface area contributed by atoms with Crippen molar-refractivity contribution >= 4 is 16.9 Å². The molecule has 1 amide bonds. The van der Waals surface area contributed by atoms with E-state index in [1.54, 1.807) is 24.9 Å². The molecule has 6 nitrogen and oxygen atoms in total. The van der Waals surface area contributed by atoms with Crippen molar-refractivity contribution in [1.29, 1.82) is 0 Å². The number of imidazole rings is 1. The first-order valence-electron chi connectivity index (χ1n) is 7.66. The molecular weight excluding hydrogens is 290 g/mol. The maximum absolute atomic E-state index is 12.2. The molecule has 3 rings (SSSR count). The molecule has 0 aliphatic heterocycles. The Hall–Kier alpha value is -2.76. The molecule has 23 heavy (non-hydrogen) atoms. The summed E-state index contributed by atoms with van der Waals surface area (Å²) in [5.74, 6) is -0.0962. The highest BCUT2D eigenvalue weighted by Crippen LogP contribution is 2.13. The number of hydrogen-bond acceptors (Lipinski definition) is 4. The third kappa shape index (κ3) is 3.71. The van der Waals surface area contributed by atoms with Crippen LogP contribution in [0.4, 0.5) is 0 Å². The van der Waals surface area contributed by atoms with E-state index < -0.39 is 0 Å². The second kappa shape index (κ2) is 7.00. The minimum Gasteiger partial charge on any atom is -0.355 e. The van der Waals surface area contributed by atoms with Crippen LogP contribution in [0.25, 0.3) is 11.0 Å². The van der Waals surface area contributed by atoms with E-state index >= 15 is 0 Å². The number of nitrogens with one attached hydrogen (secondary N) is 1. The number of para-hydroxylation sites is 2. The topological polar surface area (TPSA) is 72.7 Å². The van der Waals surface area contributed by atoms with Gasteiger partial charge in [-0.2, -0.15) is 0 Å². The Bertz CT molecular complexity index is 784. The molecule has 0 saturated heterocycles. The summed E-state index contributed by atoms with van der Waals surface area (Å²) in [6.45, 7) is 3.09. The van der Waals surface area contributed by atoms with Crippen molar-refractivity contribution in [3.05, 3.63) is 54.9 Å². The van der Waals surface area contributed by atoms with Gasteiger partial charge < -0.3 is 9.88 Å². The molecule has 0 fully saturated rings. The summed E-state index contributed by atoms with van der Waals surface area (Å²) in [5.41, 5.74) is 2.87. The Morgan fingerprint density at radius 2 is 2.13 bits per heavy atom. The normalized spacial score (nSPS) is 12.2. The molecule has 3 aromatic rings. The van der Waals surface area contributed by atoms with Crippen LogP contribution in [-0.2, 0) is 17.8 Å². The molecule has 0 saturated carbocycles. The van der Waals surface area contributed by atoms with E-state index in [0.29, 0.717) is 19.5 Å². The third-order valence-corrected chi connectivity index (χ3v) is 3.74. The summed E-state index contributed by atoms with van der Waals surface area (Å²) in [5, 5.41) is 2.95. The van der Waals surface area contributed by atoms with E-state index in [9.17, 15) is 4.79 Å². The highest BCUT2D eigenvalue weighted by atomic mass is 16.1. The van der Waals surface area contributed by atoms with Crippen LogP contribution in [0.1, 0.15) is 12.6 Å². The fraction of sp³-hybridized carbons (Fsp3) is 0.294. The van der Waals surface area contributed by atoms with Gasteiger partial charge in [0.05, 0.1) is 29.0 Å². The fourth-order valence-corrected chi connectivity index (χ4v) is 2.48. The first-order chi connectivity index (χ1) is 11.2. The predicted octanol–water partition coefficient (Wildman–Crippen LogP) is 1.82. The van der Waals surface area contributed by atoms with E-state index in [-0.39, 0.29) is 11.8 Å². The Balaban J connectivity index is 1.53. The van der Waals surface area contributed by atoms with E-state index in [2.05, 4.69) is 20.3 Å². The van der Waals surface area contributed by atoms with Crippen LogP contribution in [0.15, 0.2) is 49.2 Å². The van der Waals surface area contributed by atoms with Crippen molar-refractivity contribution in [1.82, 2.24) is 24.8 Å². The molecule has 1 N–H and O–H groups in total. The largest absolute Gasteiger partial charge is 0.355 e.